The topological polar surface area (TPSA) is 121 Å². The van der Waals surface area contributed by atoms with Gasteiger partial charge in [0, 0.05) is 12.3 Å². The summed E-state index contributed by atoms with van der Waals surface area (Å²) in [6.45, 7) is 0.216. The van der Waals surface area contributed by atoms with Crippen LogP contribution in [-0.4, -0.2) is 45.6 Å². The summed E-state index contributed by atoms with van der Waals surface area (Å²) in [7, 11) is -6.86. The number of sulfonamides is 1. The smallest absolute Gasteiger partial charge is 0.261 e. The first-order valence-corrected chi connectivity index (χ1v) is 9.85. The Morgan fingerprint density at radius 2 is 1.48 bits per heavy atom. The number of hydrogen-bond donors (Lipinski definition) is 3. The van der Waals surface area contributed by atoms with Crippen LogP contribution in [0.5, 0.6) is 0 Å². The van der Waals surface area contributed by atoms with E-state index in [-0.39, 0.29) is 6.61 Å². The fraction of sp³-hybridized carbons (Fsp3) is 0.500. The van der Waals surface area contributed by atoms with Gasteiger partial charge in [0.15, 0.2) is 0 Å². The van der Waals surface area contributed by atoms with E-state index in [4.69, 9.17) is 9.66 Å². The second-order valence-electron chi connectivity index (χ2n) is 4.48. The Hall–Kier alpha value is -1.16. The maximum absolute atomic E-state index is 11.0. The normalized spacial score (nSPS) is 11.4. The zero-order chi connectivity index (χ0) is 16.5. The van der Waals surface area contributed by atoms with Crippen molar-refractivity contribution >= 4 is 25.8 Å². The van der Waals surface area contributed by atoms with Gasteiger partial charge in [-0.2, -0.15) is 8.42 Å². The van der Waals surface area contributed by atoms with Crippen molar-refractivity contribution < 1.29 is 26.5 Å². The van der Waals surface area contributed by atoms with Crippen LogP contribution in [0.4, 0.5) is 5.69 Å². The first kappa shape index (κ1) is 19.8. The van der Waals surface area contributed by atoms with Crippen molar-refractivity contribution in [3.63, 3.8) is 0 Å². The van der Waals surface area contributed by atoms with Crippen LogP contribution in [0.25, 0.3) is 0 Å². The summed E-state index contributed by atoms with van der Waals surface area (Å²) in [6.07, 6.45) is 4.48. The van der Waals surface area contributed by atoms with Crippen molar-refractivity contribution in [2.75, 3.05) is 23.8 Å². The molecule has 0 saturated carbocycles. The van der Waals surface area contributed by atoms with Crippen molar-refractivity contribution in [1.82, 2.24) is 0 Å². The van der Waals surface area contributed by atoms with Crippen molar-refractivity contribution in [2.24, 2.45) is 0 Å². The Kier molecular flexibility index (Phi) is 8.48. The number of anilines is 1. The second-order valence-corrected chi connectivity index (χ2v) is 7.70. The number of aliphatic hydroxyl groups excluding tert-OH is 1. The number of aryl methyl sites for hydroxylation is 1. The van der Waals surface area contributed by atoms with Crippen LogP contribution in [0.15, 0.2) is 24.3 Å². The van der Waals surface area contributed by atoms with E-state index in [2.05, 4.69) is 4.72 Å². The number of nitrogens with one attached hydrogen (secondary N) is 1. The van der Waals surface area contributed by atoms with Crippen LogP contribution in [0.2, 0.25) is 0 Å². The van der Waals surface area contributed by atoms with Crippen molar-refractivity contribution in [1.29, 1.82) is 0 Å². The van der Waals surface area contributed by atoms with Gasteiger partial charge in [-0.05, 0) is 37.0 Å². The van der Waals surface area contributed by atoms with Crippen LogP contribution >= 0.6 is 0 Å². The van der Waals surface area contributed by atoms with Gasteiger partial charge in [-0.1, -0.05) is 12.1 Å². The zero-order valence-corrected chi connectivity index (χ0v) is 13.6. The number of unbranched alkanes of at least 4 members (excludes halogenated alkanes) is 1. The van der Waals surface area contributed by atoms with E-state index in [0.29, 0.717) is 11.9 Å². The Bertz CT molecular complexity index is 600. The number of benzene rings is 1. The molecular weight excluding hydrogens is 318 g/mol. The minimum Gasteiger partial charge on any atom is -0.396 e. The molecule has 122 valence electrons. The third kappa shape index (κ3) is 15.1. The minimum atomic E-state index is -3.67. The van der Waals surface area contributed by atoms with Crippen molar-refractivity contribution in [3.8, 4) is 0 Å². The fourth-order valence-corrected chi connectivity index (χ4v) is 1.96. The molecule has 1 aromatic carbocycles. The molecule has 1 aromatic rings. The summed E-state index contributed by atoms with van der Waals surface area (Å²) in [5.74, 6) is 0. The van der Waals surface area contributed by atoms with E-state index in [1.807, 2.05) is 12.1 Å². The molecule has 0 radical (unpaired) electrons. The summed E-state index contributed by atoms with van der Waals surface area (Å²) < 4.78 is 50.2. The summed E-state index contributed by atoms with van der Waals surface area (Å²) in [4.78, 5) is 0. The Balaban J connectivity index is 0.000000690. The standard InChI is InChI=1S/C11H17NO3S.CH4O3S/c1-16(14,15)12-11-7-5-10(6-8-11)4-2-3-9-13;1-5(2,3)4/h5-8,12-13H,2-4,9H2,1H3;1H3,(H,2,3,4). The highest BCUT2D eigenvalue weighted by Crippen LogP contribution is 2.12. The lowest BCUT2D eigenvalue weighted by Crippen LogP contribution is -2.09. The largest absolute Gasteiger partial charge is 0.396 e. The summed E-state index contributed by atoms with van der Waals surface area (Å²) >= 11 is 0. The van der Waals surface area contributed by atoms with Gasteiger partial charge < -0.3 is 5.11 Å². The van der Waals surface area contributed by atoms with E-state index < -0.39 is 20.1 Å². The van der Waals surface area contributed by atoms with Crippen LogP contribution in [0, 0.1) is 0 Å². The van der Waals surface area contributed by atoms with E-state index in [1.54, 1.807) is 12.1 Å². The van der Waals surface area contributed by atoms with Crippen LogP contribution < -0.4 is 4.72 Å². The van der Waals surface area contributed by atoms with Crippen molar-refractivity contribution in [2.45, 2.75) is 19.3 Å². The quantitative estimate of drug-likeness (QED) is 0.522. The van der Waals surface area contributed by atoms with Gasteiger partial charge in [0.05, 0.1) is 12.5 Å². The molecule has 0 aliphatic carbocycles. The molecule has 0 saturated heterocycles. The minimum absolute atomic E-state index is 0.216. The maximum Gasteiger partial charge on any atom is 0.261 e. The molecule has 0 aliphatic rings. The molecule has 9 heteroatoms. The Morgan fingerprint density at radius 3 is 1.86 bits per heavy atom. The molecule has 1 rings (SSSR count). The average Bonchev–Trinajstić information content (AvgIpc) is 2.27. The third-order valence-electron chi connectivity index (χ3n) is 2.13. The van der Waals surface area contributed by atoms with Gasteiger partial charge in [-0.25, -0.2) is 8.42 Å². The molecule has 0 bridgehead atoms. The highest BCUT2D eigenvalue weighted by atomic mass is 32.2. The molecule has 0 aromatic heterocycles. The van der Waals surface area contributed by atoms with Crippen LogP contribution in [0.3, 0.4) is 0 Å². The SMILES string of the molecule is CS(=O)(=O)Nc1ccc(CCCCO)cc1.CS(=O)(=O)O. The third-order valence-corrected chi connectivity index (χ3v) is 2.74. The van der Waals surface area contributed by atoms with Gasteiger partial charge in [-0.15, -0.1) is 0 Å². The predicted octanol–water partition coefficient (Wildman–Crippen LogP) is 0.877. The lowest BCUT2D eigenvalue weighted by Gasteiger charge is -2.05. The molecule has 0 spiro atoms. The first-order chi connectivity index (χ1) is 9.51. The van der Waals surface area contributed by atoms with Gasteiger partial charge in [0.1, 0.15) is 0 Å². The molecule has 0 unspecified atom stereocenters. The lowest BCUT2D eigenvalue weighted by atomic mass is 10.1. The van der Waals surface area contributed by atoms with Crippen LogP contribution in [-0.2, 0) is 26.6 Å². The maximum atomic E-state index is 11.0. The van der Waals surface area contributed by atoms with Gasteiger partial charge in [0.25, 0.3) is 10.1 Å². The molecule has 3 N–H and O–H groups in total. The van der Waals surface area contributed by atoms with E-state index in [9.17, 15) is 16.8 Å². The lowest BCUT2D eigenvalue weighted by molar-refractivity contribution is 0.284. The summed E-state index contributed by atoms with van der Waals surface area (Å²) in [5.41, 5.74) is 1.72. The average molecular weight is 339 g/mol. The molecule has 21 heavy (non-hydrogen) atoms. The monoisotopic (exact) mass is 339 g/mol. The molecule has 0 atom stereocenters. The van der Waals surface area contributed by atoms with E-state index in [0.717, 1.165) is 31.1 Å². The van der Waals surface area contributed by atoms with E-state index >= 15 is 0 Å². The number of hydrogen-bond acceptors (Lipinski definition) is 5. The van der Waals surface area contributed by atoms with E-state index in [1.165, 1.54) is 0 Å². The Morgan fingerprint density at radius 1 is 1.00 bits per heavy atom. The fourth-order valence-electron chi connectivity index (χ4n) is 1.39. The summed E-state index contributed by atoms with van der Waals surface area (Å²) in [5, 5.41) is 8.64. The van der Waals surface area contributed by atoms with Crippen LogP contribution in [0.1, 0.15) is 18.4 Å². The van der Waals surface area contributed by atoms with Gasteiger partial charge >= 0.3 is 0 Å². The molecular formula is C12H21NO6S2. The van der Waals surface area contributed by atoms with Gasteiger partial charge in [0.2, 0.25) is 10.0 Å². The second kappa shape index (κ2) is 8.98. The van der Waals surface area contributed by atoms with Gasteiger partial charge in [-0.3, -0.25) is 9.27 Å². The zero-order valence-electron chi connectivity index (χ0n) is 12.0. The molecule has 7 nitrogen and oxygen atoms in total. The molecule has 0 amide bonds. The summed E-state index contributed by atoms with van der Waals surface area (Å²) in [6, 6.07) is 7.28. The first-order valence-electron chi connectivity index (χ1n) is 6.11. The molecule has 0 aliphatic heterocycles. The van der Waals surface area contributed by atoms with Crippen molar-refractivity contribution in [3.05, 3.63) is 29.8 Å². The molecule has 0 heterocycles. The highest BCUT2D eigenvalue weighted by Gasteiger charge is 2.01. The Labute approximate surface area is 125 Å². The number of aliphatic hydroxyl groups is 1. The predicted molar refractivity (Wildman–Crippen MR) is 82.4 cm³/mol. The molecule has 0 fully saturated rings. The highest BCUT2D eigenvalue weighted by molar-refractivity contribution is 7.92. The number of rotatable bonds is 6.